The molecule has 0 aliphatic heterocycles. The molecule has 116 valence electrons. The Balaban J connectivity index is 2.36. The van der Waals surface area contributed by atoms with Gasteiger partial charge in [-0.3, -0.25) is 9.59 Å². The van der Waals surface area contributed by atoms with E-state index in [1.807, 2.05) is 0 Å². The third-order valence-corrected chi connectivity index (χ3v) is 4.00. The normalized spacial score (nSPS) is 12.4. The molecule has 0 amide bonds. The lowest BCUT2D eigenvalue weighted by Gasteiger charge is -2.23. The first kappa shape index (κ1) is 15.0. The molecule has 0 aromatic heterocycles. The number of methoxy groups -OCH3 is 2. The lowest BCUT2D eigenvalue weighted by atomic mass is 9.82. The van der Waals surface area contributed by atoms with Crippen LogP contribution in [0, 0.1) is 0 Å². The van der Waals surface area contributed by atoms with Crippen molar-refractivity contribution in [3.63, 3.8) is 0 Å². The molecule has 3 rings (SSSR count). The van der Waals surface area contributed by atoms with E-state index in [0.717, 1.165) is 0 Å². The number of ketones is 2. The molecule has 2 aromatic rings. The van der Waals surface area contributed by atoms with Crippen molar-refractivity contribution in [1.82, 2.24) is 0 Å². The van der Waals surface area contributed by atoms with Gasteiger partial charge in [-0.05, 0) is 12.5 Å². The Bertz CT molecular complexity index is 834. The zero-order valence-electron chi connectivity index (χ0n) is 13.0. The van der Waals surface area contributed by atoms with Crippen LogP contribution in [0.4, 0.5) is 0 Å². The summed E-state index contributed by atoms with van der Waals surface area (Å²) in [5.74, 6) is 0.491. The fourth-order valence-electron chi connectivity index (χ4n) is 2.98. The van der Waals surface area contributed by atoms with Crippen LogP contribution >= 0.6 is 0 Å². The van der Waals surface area contributed by atoms with Gasteiger partial charge in [-0.1, -0.05) is 30.3 Å². The van der Waals surface area contributed by atoms with Crippen molar-refractivity contribution >= 4 is 11.6 Å². The standard InChI is InChI=1S/C19H16O4/c1-4-7-13-15(22-2)10-14-16(19(13)23-3)18(21)12-9-6-5-8-11(12)17(14)20/h4-6,8-10H,1,7H2,2-3H3. The van der Waals surface area contributed by atoms with Gasteiger partial charge in [0, 0.05) is 22.3 Å². The molecule has 4 heteroatoms. The Morgan fingerprint density at radius 2 is 1.65 bits per heavy atom. The molecule has 0 bridgehead atoms. The number of hydrogen-bond acceptors (Lipinski definition) is 4. The van der Waals surface area contributed by atoms with Gasteiger partial charge >= 0.3 is 0 Å². The fraction of sp³-hybridized carbons (Fsp3) is 0.158. The molecule has 0 saturated carbocycles. The van der Waals surface area contributed by atoms with Gasteiger partial charge in [0.2, 0.25) is 0 Å². The predicted octanol–water partition coefficient (Wildman–Crippen LogP) is 3.21. The highest BCUT2D eigenvalue weighted by molar-refractivity contribution is 6.29. The zero-order chi connectivity index (χ0) is 16.6. The maximum absolute atomic E-state index is 12.9. The molecule has 0 unspecified atom stereocenters. The molecule has 1 aliphatic rings. The number of carbonyl (C=O) groups is 2. The smallest absolute Gasteiger partial charge is 0.198 e. The fourth-order valence-corrected chi connectivity index (χ4v) is 2.98. The quantitative estimate of drug-likeness (QED) is 0.695. The monoisotopic (exact) mass is 308 g/mol. The summed E-state index contributed by atoms with van der Waals surface area (Å²) in [4.78, 5) is 25.7. The summed E-state index contributed by atoms with van der Waals surface area (Å²) in [6, 6.07) is 8.43. The highest BCUT2D eigenvalue weighted by Crippen LogP contribution is 2.40. The first-order chi connectivity index (χ1) is 11.1. The van der Waals surface area contributed by atoms with Gasteiger partial charge in [0.05, 0.1) is 19.8 Å². The number of hydrogen-bond donors (Lipinski definition) is 0. The number of ether oxygens (including phenoxy) is 2. The van der Waals surface area contributed by atoms with E-state index >= 15 is 0 Å². The van der Waals surface area contributed by atoms with Crippen molar-refractivity contribution in [3.8, 4) is 11.5 Å². The van der Waals surface area contributed by atoms with Gasteiger partial charge in [-0.2, -0.15) is 0 Å². The summed E-state index contributed by atoms with van der Waals surface area (Å²) in [6.45, 7) is 3.73. The average molecular weight is 308 g/mol. The Kier molecular flexibility index (Phi) is 3.74. The van der Waals surface area contributed by atoms with E-state index in [2.05, 4.69) is 6.58 Å². The Labute approximate surface area is 134 Å². The lowest BCUT2D eigenvalue weighted by Crippen LogP contribution is -2.22. The molecule has 0 saturated heterocycles. The molecular weight excluding hydrogens is 292 g/mol. The summed E-state index contributed by atoms with van der Waals surface area (Å²) in [7, 11) is 3.01. The first-order valence-electron chi connectivity index (χ1n) is 7.21. The number of fused-ring (bicyclic) bond motifs is 2. The predicted molar refractivity (Wildman–Crippen MR) is 86.8 cm³/mol. The lowest BCUT2D eigenvalue weighted by molar-refractivity contribution is 0.0976. The summed E-state index contributed by atoms with van der Waals surface area (Å²) in [5, 5.41) is 0. The molecular formula is C19H16O4. The van der Waals surface area contributed by atoms with Crippen molar-refractivity contribution in [2.75, 3.05) is 14.2 Å². The molecule has 2 aromatic carbocycles. The van der Waals surface area contributed by atoms with Crippen LogP contribution in [0.1, 0.15) is 37.4 Å². The van der Waals surface area contributed by atoms with E-state index < -0.39 is 0 Å². The maximum Gasteiger partial charge on any atom is 0.198 e. The molecule has 0 atom stereocenters. The van der Waals surface area contributed by atoms with Crippen molar-refractivity contribution in [3.05, 3.63) is 70.8 Å². The van der Waals surface area contributed by atoms with Crippen molar-refractivity contribution < 1.29 is 19.1 Å². The van der Waals surface area contributed by atoms with Crippen LogP contribution in [-0.2, 0) is 6.42 Å². The van der Waals surface area contributed by atoms with Gasteiger partial charge < -0.3 is 9.47 Å². The SMILES string of the molecule is C=CCc1c(OC)cc2c(c1OC)C(=O)c1ccccc1C2=O. The van der Waals surface area contributed by atoms with Gasteiger partial charge in [-0.15, -0.1) is 6.58 Å². The van der Waals surface area contributed by atoms with E-state index in [1.54, 1.807) is 36.4 Å². The van der Waals surface area contributed by atoms with Gasteiger partial charge in [0.15, 0.2) is 11.6 Å². The molecule has 0 spiro atoms. The topological polar surface area (TPSA) is 52.6 Å². The minimum Gasteiger partial charge on any atom is -0.496 e. The zero-order valence-corrected chi connectivity index (χ0v) is 13.0. The van der Waals surface area contributed by atoms with Crippen LogP contribution in [0.25, 0.3) is 0 Å². The second-order valence-electron chi connectivity index (χ2n) is 5.21. The molecule has 0 N–H and O–H groups in total. The third kappa shape index (κ3) is 2.14. The van der Waals surface area contributed by atoms with E-state index in [4.69, 9.17) is 9.47 Å². The van der Waals surface area contributed by atoms with Crippen molar-refractivity contribution in [2.24, 2.45) is 0 Å². The first-order valence-corrected chi connectivity index (χ1v) is 7.21. The summed E-state index contributed by atoms with van der Waals surface area (Å²) in [5.41, 5.74) is 2.14. The van der Waals surface area contributed by atoms with Crippen LogP contribution in [0.3, 0.4) is 0 Å². The van der Waals surface area contributed by atoms with Crippen LogP contribution in [0.15, 0.2) is 43.0 Å². The van der Waals surface area contributed by atoms with Crippen LogP contribution in [0.5, 0.6) is 11.5 Å². The van der Waals surface area contributed by atoms with E-state index in [1.165, 1.54) is 14.2 Å². The summed E-state index contributed by atoms with van der Waals surface area (Å²) >= 11 is 0. The minimum absolute atomic E-state index is 0.197. The third-order valence-electron chi connectivity index (χ3n) is 4.00. The van der Waals surface area contributed by atoms with Gasteiger partial charge in [0.1, 0.15) is 11.5 Å². The number of carbonyl (C=O) groups excluding carboxylic acids is 2. The highest BCUT2D eigenvalue weighted by Gasteiger charge is 2.34. The molecule has 1 aliphatic carbocycles. The Hall–Kier alpha value is -2.88. The van der Waals surface area contributed by atoms with Crippen molar-refractivity contribution in [1.29, 1.82) is 0 Å². The molecule has 0 radical (unpaired) electrons. The maximum atomic E-state index is 12.9. The van der Waals surface area contributed by atoms with Crippen LogP contribution < -0.4 is 9.47 Å². The average Bonchev–Trinajstić information content (AvgIpc) is 2.59. The molecule has 23 heavy (non-hydrogen) atoms. The Morgan fingerprint density at radius 1 is 1.00 bits per heavy atom. The number of rotatable bonds is 4. The second-order valence-corrected chi connectivity index (χ2v) is 5.21. The molecule has 0 heterocycles. The number of benzene rings is 2. The molecule has 0 fully saturated rings. The van der Waals surface area contributed by atoms with Gasteiger partial charge in [0.25, 0.3) is 0 Å². The van der Waals surface area contributed by atoms with Crippen LogP contribution in [-0.4, -0.2) is 25.8 Å². The van der Waals surface area contributed by atoms with E-state index in [-0.39, 0.29) is 11.6 Å². The van der Waals surface area contributed by atoms with Crippen molar-refractivity contribution in [2.45, 2.75) is 6.42 Å². The number of allylic oxidation sites excluding steroid dienone is 1. The van der Waals surface area contributed by atoms with Gasteiger partial charge in [-0.25, -0.2) is 0 Å². The minimum atomic E-state index is -0.208. The highest BCUT2D eigenvalue weighted by atomic mass is 16.5. The van der Waals surface area contributed by atoms with E-state index in [9.17, 15) is 9.59 Å². The van der Waals surface area contributed by atoms with E-state index in [0.29, 0.717) is 45.7 Å². The summed E-state index contributed by atoms with van der Waals surface area (Å²) in [6.07, 6.45) is 2.18. The van der Waals surface area contributed by atoms with Crippen LogP contribution in [0.2, 0.25) is 0 Å². The Morgan fingerprint density at radius 3 is 2.22 bits per heavy atom. The molecule has 4 nitrogen and oxygen atoms in total. The second kappa shape index (κ2) is 5.72. The summed E-state index contributed by atoms with van der Waals surface area (Å²) < 4.78 is 10.9. The largest absolute Gasteiger partial charge is 0.496 e.